The Balaban J connectivity index is 1.91. The third-order valence-electron chi connectivity index (χ3n) is 4.82. The van der Waals surface area contributed by atoms with Crippen LogP contribution in [0.4, 0.5) is 0 Å². The Morgan fingerprint density at radius 3 is 2.30 bits per heavy atom. The van der Waals surface area contributed by atoms with Crippen LogP contribution in [0.1, 0.15) is 42.5 Å². The number of fused-ring (bicyclic) bond motifs is 1. The molecule has 2 aromatic rings. The predicted molar refractivity (Wildman–Crippen MR) is 92.9 cm³/mol. The van der Waals surface area contributed by atoms with Gasteiger partial charge in [0, 0.05) is 13.1 Å². The first-order valence-corrected chi connectivity index (χ1v) is 9.59. The van der Waals surface area contributed by atoms with Crippen molar-refractivity contribution in [1.29, 1.82) is 0 Å². The number of hydrogen-bond donors (Lipinski definition) is 0. The second-order valence-electron chi connectivity index (χ2n) is 6.25. The molecule has 0 fully saturated rings. The summed E-state index contributed by atoms with van der Waals surface area (Å²) >= 11 is 0. The molecular weight excluding hydrogens is 306 g/mol. The van der Waals surface area contributed by atoms with E-state index in [9.17, 15) is 8.42 Å². The van der Waals surface area contributed by atoms with Gasteiger partial charge in [-0.05, 0) is 61.4 Å². The highest BCUT2D eigenvalue weighted by atomic mass is 32.2. The van der Waals surface area contributed by atoms with Crippen molar-refractivity contribution in [3.63, 3.8) is 0 Å². The summed E-state index contributed by atoms with van der Waals surface area (Å²) in [4.78, 5) is 0.406. The predicted octanol–water partition coefficient (Wildman–Crippen LogP) is 3.95. The Bertz CT molecular complexity index is 784. The van der Waals surface area contributed by atoms with Gasteiger partial charge in [-0.2, -0.15) is 4.31 Å². The van der Waals surface area contributed by atoms with Gasteiger partial charge in [0.05, 0.1) is 4.90 Å². The summed E-state index contributed by atoms with van der Waals surface area (Å²) in [5.74, 6) is 0. The highest BCUT2D eigenvalue weighted by Crippen LogP contribution is 2.29. The molecule has 0 bridgehead atoms. The van der Waals surface area contributed by atoms with E-state index in [4.69, 9.17) is 0 Å². The van der Waals surface area contributed by atoms with E-state index >= 15 is 0 Å². The summed E-state index contributed by atoms with van der Waals surface area (Å²) in [6.07, 6.45) is 4.39. The average Bonchev–Trinajstić information content (AvgIpc) is 2.60. The summed E-state index contributed by atoms with van der Waals surface area (Å²) < 4.78 is 27.4. The first kappa shape index (κ1) is 16.2. The first-order chi connectivity index (χ1) is 11.0. The lowest BCUT2D eigenvalue weighted by atomic mass is 9.92. The van der Waals surface area contributed by atoms with Crippen molar-refractivity contribution in [2.75, 3.05) is 7.05 Å². The van der Waals surface area contributed by atoms with Crippen LogP contribution in [-0.2, 0) is 22.9 Å². The molecular formula is C19H23NO2S. The summed E-state index contributed by atoms with van der Waals surface area (Å²) in [7, 11) is -1.83. The van der Waals surface area contributed by atoms with Crippen molar-refractivity contribution in [3.8, 4) is 0 Å². The van der Waals surface area contributed by atoms with Gasteiger partial charge < -0.3 is 0 Å². The lowest BCUT2D eigenvalue weighted by Crippen LogP contribution is -2.30. The monoisotopic (exact) mass is 329 g/mol. The smallest absolute Gasteiger partial charge is 0.207 e. The Kier molecular flexibility index (Phi) is 4.55. The molecule has 1 aliphatic carbocycles. The van der Waals surface area contributed by atoms with Crippen molar-refractivity contribution in [1.82, 2.24) is 4.31 Å². The second-order valence-corrected chi connectivity index (χ2v) is 8.24. The van der Waals surface area contributed by atoms with Crippen LogP contribution in [0.2, 0.25) is 0 Å². The van der Waals surface area contributed by atoms with Crippen LogP contribution in [-0.4, -0.2) is 19.8 Å². The first-order valence-electron chi connectivity index (χ1n) is 8.15. The second kappa shape index (κ2) is 6.46. The number of aryl methyl sites for hydroxylation is 2. The topological polar surface area (TPSA) is 37.4 Å². The molecule has 0 saturated carbocycles. The normalized spacial score (nSPS) is 16.1. The van der Waals surface area contributed by atoms with Gasteiger partial charge in [-0.1, -0.05) is 36.4 Å². The molecule has 0 spiro atoms. The van der Waals surface area contributed by atoms with E-state index in [2.05, 4.69) is 0 Å². The fourth-order valence-electron chi connectivity index (χ4n) is 3.19. The van der Waals surface area contributed by atoms with E-state index in [1.165, 1.54) is 21.9 Å². The van der Waals surface area contributed by atoms with Crippen LogP contribution in [0.15, 0.2) is 53.4 Å². The number of nitrogens with zero attached hydrogens (tertiary/aromatic N) is 1. The molecule has 1 aliphatic rings. The highest BCUT2D eigenvalue weighted by Gasteiger charge is 2.27. The van der Waals surface area contributed by atoms with Crippen LogP contribution in [0.5, 0.6) is 0 Å². The Morgan fingerprint density at radius 2 is 1.61 bits per heavy atom. The number of sulfonamides is 1. The van der Waals surface area contributed by atoms with E-state index in [0.29, 0.717) is 4.90 Å². The molecule has 0 radical (unpaired) electrons. The highest BCUT2D eigenvalue weighted by molar-refractivity contribution is 7.89. The average molecular weight is 329 g/mol. The molecule has 0 saturated heterocycles. The Morgan fingerprint density at radius 1 is 0.957 bits per heavy atom. The molecule has 0 amide bonds. The molecule has 3 nitrogen and oxygen atoms in total. The zero-order chi connectivity index (χ0) is 16.4. The van der Waals surface area contributed by atoms with Crippen molar-refractivity contribution >= 4 is 10.0 Å². The molecule has 122 valence electrons. The minimum atomic E-state index is -3.49. The Labute approximate surface area is 139 Å². The third kappa shape index (κ3) is 3.19. The van der Waals surface area contributed by atoms with Crippen LogP contribution < -0.4 is 0 Å². The van der Waals surface area contributed by atoms with Gasteiger partial charge in [-0.15, -0.1) is 0 Å². The molecule has 1 atom stereocenters. The summed E-state index contributed by atoms with van der Waals surface area (Å²) in [6.45, 7) is 1.92. The molecule has 2 aromatic carbocycles. The Hall–Kier alpha value is -1.65. The maximum atomic E-state index is 13.0. The number of rotatable bonds is 4. The van der Waals surface area contributed by atoms with Crippen LogP contribution in [0.3, 0.4) is 0 Å². The van der Waals surface area contributed by atoms with Gasteiger partial charge in [0.25, 0.3) is 0 Å². The molecule has 0 N–H and O–H groups in total. The standard InChI is InChI=1S/C19H23NO2S/c1-15(16-8-4-3-5-9-16)20(2)23(21,22)19-13-12-17-10-6-7-11-18(17)14-19/h3-5,8-9,12-15H,6-7,10-11H2,1-2H3/t15-/m1/s1. The van der Waals surface area contributed by atoms with E-state index in [0.717, 1.165) is 24.8 Å². The number of benzene rings is 2. The van der Waals surface area contributed by atoms with Crippen molar-refractivity contribution < 1.29 is 8.42 Å². The van der Waals surface area contributed by atoms with E-state index < -0.39 is 10.0 Å². The molecule has 4 heteroatoms. The largest absolute Gasteiger partial charge is 0.243 e. The minimum absolute atomic E-state index is 0.197. The zero-order valence-electron chi connectivity index (χ0n) is 13.7. The van der Waals surface area contributed by atoms with Crippen molar-refractivity contribution in [2.45, 2.75) is 43.5 Å². The fraction of sp³-hybridized carbons (Fsp3) is 0.368. The van der Waals surface area contributed by atoms with Crippen LogP contribution in [0.25, 0.3) is 0 Å². The van der Waals surface area contributed by atoms with E-state index in [1.54, 1.807) is 13.1 Å². The lowest BCUT2D eigenvalue weighted by Gasteiger charge is -2.25. The number of hydrogen-bond acceptors (Lipinski definition) is 2. The van der Waals surface area contributed by atoms with Crippen LogP contribution in [0, 0.1) is 0 Å². The van der Waals surface area contributed by atoms with Gasteiger partial charge in [-0.3, -0.25) is 0 Å². The third-order valence-corrected chi connectivity index (χ3v) is 6.75. The maximum Gasteiger partial charge on any atom is 0.243 e. The summed E-state index contributed by atoms with van der Waals surface area (Å²) in [5, 5.41) is 0. The maximum absolute atomic E-state index is 13.0. The zero-order valence-corrected chi connectivity index (χ0v) is 14.5. The molecule has 0 unspecified atom stereocenters. The van der Waals surface area contributed by atoms with Crippen molar-refractivity contribution in [3.05, 3.63) is 65.2 Å². The quantitative estimate of drug-likeness (QED) is 0.852. The molecule has 23 heavy (non-hydrogen) atoms. The molecule has 0 aromatic heterocycles. The SMILES string of the molecule is C[C@H](c1ccccc1)N(C)S(=O)(=O)c1ccc2c(c1)CCCC2. The molecule has 3 rings (SSSR count). The fourth-order valence-corrected chi connectivity index (χ4v) is 4.59. The summed E-state index contributed by atoms with van der Waals surface area (Å²) in [6, 6.07) is 15.2. The van der Waals surface area contributed by atoms with Crippen LogP contribution >= 0.6 is 0 Å². The lowest BCUT2D eigenvalue weighted by molar-refractivity contribution is 0.398. The van der Waals surface area contributed by atoms with Gasteiger partial charge in [0.2, 0.25) is 10.0 Å². The van der Waals surface area contributed by atoms with Gasteiger partial charge in [0.1, 0.15) is 0 Å². The minimum Gasteiger partial charge on any atom is -0.207 e. The van der Waals surface area contributed by atoms with E-state index in [1.807, 2.05) is 49.4 Å². The van der Waals surface area contributed by atoms with Gasteiger partial charge in [0.15, 0.2) is 0 Å². The van der Waals surface area contributed by atoms with E-state index in [-0.39, 0.29) is 6.04 Å². The van der Waals surface area contributed by atoms with Gasteiger partial charge in [-0.25, -0.2) is 8.42 Å². The van der Waals surface area contributed by atoms with Gasteiger partial charge >= 0.3 is 0 Å². The summed E-state index contributed by atoms with van der Waals surface area (Å²) in [5.41, 5.74) is 3.49. The van der Waals surface area contributed by atoms with Crippen molar-refractivity contribution in [2.24, 2.45) is 0 Å². The molecule has 0 aliphatic heterocycles. The molecule has 0 heterocycles.